The Morgan fingerprint density at radius 2 is 1.33 bits per heavy atom. The Labute approximate surface area is 185 Å². The van der Waals surface area contributed by atoms with Crippen LogP contribution < -0.4 is 0 Å². The SMILES string of the molecule is Cc1cc(-c2cc(CN3CCN(Cc4ccc(Cl)cc4)CC3)ccn2)cc(C)c1C. The second-order valence-corrected chi connectivity index (χ2v) is 8.90. The molecule has 30 heavy (non-hydrogen) atoms. The summed E-state index contributed by atoms with van der Waals surface area (Å²) in [6, 6.07) is 17.1. The molecule has 3 aromatic rings. The first-order valence-corrected chi connectivity index (χ1v) is 11.1. The second-order valence-electron chi connectivity index (χ2n) is 8.46. The van der Waals surface area contributed by atoms with Crippen LogP contribution in [0.4, 0.5) is 0 Å². The molecular weight excluding hydrogens is 390 g/mol. The third-order valence-corrected chi connectivity index (χ3v) is 6.49. The van der Waals surface area contributed by atoms with E-state index in [-0.39, 0.29) is 0 Å². The van der Waals surface area contributed by atoms with Gasteiger partial charge in [-0.2, -0.15) is 0 Å². The molecule has 0 atom stereocenters. The number of halogens is 1. The summed E-state index contributed by atoms with van der Waals surface area (Å²) < 4.78 is 0. The van der Waals surface area contributed by atoms with Gasteiger partial charge in [-0.25, -0.2) is 0 Å². The van der Waals surface area contributed by atoms with Gasteiger partial charge in [-0.3, -0.25) is 14.8 Å². The van der Waals surface area contributed by atoms with Gasteiger partial charge < -0.3 is 0 Å². The molecule has 1 aromatic heterocycles. The standard InChI is InChI=1S/C26H30ClN3/c1-19-14-24(15-20(2)21(19)3)26-16-23(8-9-28-26)18-30-12-10-29(11-13-30)17-22-4-6-25(27)7-5-22/h4-9,14-16H,10-13,17-18H2,1-3H3. The summed E-state index contributed by atoms with van der Waals surface area (Å²) >= 11 is 6.00. The van der Waals surface area contributed by atoms with Crippen molar-refractivity contribution in [2.75, 3.05) is 26.2 Å². The number of hydrogen-bond donors (Lipinski definition) is 0. The molecule has 0 aliphatic carbocycles. The van der Waals surface area contributed by atoms with E-state index in [0.29, 0.717) is 0 Å². The van der Waals surface area contributed by atoms with Crippen LogP contribution in [-0.2, 0) is 13.1 Å². The van der Waals surface area contributed by atoms with Gasteiger partial charge in [0, 0.05) is 56.1 Å². The van der Waals surface area contributed by atoms with Crippen LogP contribution in [0.2, 0.25) is 5.02 Å². The van der Waals surface area contributed by atoms with Gasteiger partial charge in [-0.15, -0.1) is 0 Å². The largest absolute Gasteiger partial charge is 0.297 e. The van der Waals surface area contributed by atoms with Crippen LogP contribution in [0.25, 0.3) is 11.3 Å². The molecule has 2 aromatic carbocycles. The van der Waals surface area contributed by atoms with Gasteiger partial charge in [0.05, 0.1) is 5.69 Å². The third kappa shape index (κ3) is 5.10. The average Bonchev–Trinajstić information content (AvgIpc) is 2.75. The number of benzene rings is 2. The maximum Gasteiger partial charge on any atom is 0.0705 e. The fourth-order valence-electron chi connectivity index (χ4n) is 4.13. The molecule has 156 valence electrons. The molecule has 1 fully saturated rings. The fraction of sp³-hybridized carbons (Fsp3) is 0.346. The number of piperazine rings is 1. The monoisotopic (exact) mass is 419 g/mol. The summed E-state index contributed by atoms with van der Waals surface area (Å²) in [6.45, 7) is 12.9. The van der Waals surface area contributed by atoms with Gasteiger partial charge in [0.1, 0.15) is 0 Å². The highest BCUT2D eigenvalue weighted by Gasteiger charge is 2.17. The molecule has 4 rings (SSSR count). The normalized spacial score (nSPS) is 15.5. The molecule has 0 saturated carbocycles. The van der Waals surface area contributed by atoms with Crippen LogP contribution in [0.5, 0.6) is 0 Å². The predicted octanol–water partition coefficient (Wildman–Crippen LogP) is 5.65. The quantitative estimate of drug-likeness (QED) is 0.533. The number of pyridine rings is 1. The van der Waals surface area contributed by atoms with E-state index >= 15 is 0 Å². The maximum atomic E-state index is 6.00. The lowest BCUT2D eigenvalue weighted by atomic mass is 9.98. The first-order valence-electron chi connectivity index (χ1n) is 10.7. The fourth-order valence-corrected chi connectivity index (χ4v) is 4.25. The molecule has 0 radical (unpaired) electrons. The minimum absolute atomic E-state index is 0.802. The summed E-state index contributed by atoms with van der Waals surface area (Å²) in [5, 5.41) is 0.802. The van der Waals surface area contributed by atoms with Crippen molar-refractivity contribution in [1.82, 2.24) is 14.8 Å². The zero-order valence-corrected chi connectivity index (χ0v) is 18.9. The maximum absolute atomic E-state index is 6.00. The van der Waals surface area contributed by atoms with Crippen LogP contribution in [0, 0.1) is 20.8 Å². The number of aromatic nitrogens is 1. The van der Waals surface area contributed by atoms with Crippen LogP contribution >= 0.6 is 11.6 Å². The lowest BCUT2D eigenvalue weighted by molar-refractivity contribution is 0.122. The Hall–Kier alpha value is -2.20. The van der Waals surface area contributed by atoms with Crippen molar-refractivity contribution in [1.29, 1.82) is 0 Å². The predicted molar refractivity (Wildman–Crippen MR) is 126 cm³/mol. The first kappa shape index (κ1) is 21.0. The zero-order chi connectivity index (χ0) is 21.1. The van der Waals surface area contributed by atoms with Gasteiger partial charge in [-0.1, -0.05) is 23.7 Å². The lowest BCUT2D eigenvalue weighted by Crippen LogP contribution is -2.45. The molecule has 0 amide bonds. The summed E-state index contributed by atoms with van der Waals surface area (Å²) in [5.74, 6) is 0. The average molecular weight is 420 g/mol. The van der Waals surface area contributed by atoms with E-state index < -0.39 is 0 Å². The summed E-state index contributed by atoms with van der Waals surface area (Å²) in [5.41, 5.74) is 8.97. The molecule has 4 heteroatoms. The van der Waals surface area contributed by atoms with Crippen molar-refractivity contribution in [2.45, 2.75) is 33.9 Å². The van der Waals surface area contributed by atoms with Crippen LogP contribution in [0.1, 0.15) is 27.8 Å². The first-order chi connectivity index (χ1) is 14.5. The minimum atomic E-state index is 0.802. The highest BCUT2D eigenvalue weighted by molar-refractivity contribution is 6.30. The van der Waals surface area contributed by atoms with E-state index in [2.05, 4.69) is 72.0 Å². The van der Waals surface area contributed by atoms with Crippen molar-refractivity contribution in [3.05, 3.63) is 87.6 Å². The molecule has 2 heterocycles. The summed E-state index contributed by atoms with van der Waals surface area (Å²) in [4.78, 5) is 9.71. The molecule has 3 nitrogen and oxygen atoms in total. The van der Waals surface area contributed by atoms with Gasteiger partial charge in [0.25, 0.3) is 0 Å². The molecule has 0 bridgehead atoms. The number of hydrogen-bond acceptors (Lipinski definition) is 3. The van der Waals surface area contributed by atoms with E-state index in [0.717, 1.165) is 50.0 Å². The second kappa shape index (κ2) is 9.30. The van der Waals surface area contributed by atoms with Gasteiger partial charge in [0.2, 0.25) is 0 Å². The number of rotatable bonds is 5. The van der Waals surface area contributed by atoms with Crippen molar-refractivity contribution in [3.63, 3.8) is 0 Å². The Morgan fingerprint density at radius 3 is 1.93 bits per heavy atom. The molecule has 1 saturated heterocycles. The molecule has 1 aliphatic rings. The van der Waals surface area contributed by atoms with Crippen molar-refractivity contribution in [3.8, 4) is 11.3 Å². The van der Waals surface area contributed by atoms with Gasteiger partial charge in [0.15, 0.2) is 0 Å². The van der Waals surface area contributed by atoms with E-state index in [1.165, 1.54) is 33.4 Å². The molecular formula is C26H30ClN3. The van der Waals surface area contributed by atoms with Crippen LogP contribution in [0.3, 0.4) is 0 Å². The van der Waals surface area contributed by atoms with Gasteiger partial charge >= 0.3 is 0 Å². The van der Waals surface area contributed by atoms with Crippen LogP contribution in [0.15, 0.2) is 54.7 Å². The number of aryl methyl sites for hydroxylation is 2. The molecule has 0 N–H and O–H groups in total. The van der Waals surface area contributed by atoms with E-state index in [9.17, 15) is 0 Å². The van der Waals surface area contributed by atoms with Crippen molar-refractivity contribution in [2.24, 2.45) is 0 Å². The smallest absolute Gasteiger partial charge is 0.0705 e. The highest BCUT2D eigenvalue weighted by Crippen LogP contribution is 2.24. The topological polar surface area (TPSA) is 19.4 Å². The summed E-state index contributed by atoms with van der Waals surface area (Å²) in [7, 11) is 0. The highest BCUT2D eigenvalue weighted by atomic mass is 35.5. The molecule has 1 aliphatic heterocycles. The Morgan fingerprint density at radius 1 is 0.767 bits per heavy atom. The number of nitrogens with zero attached hydrogens (tertiary/aromatic N) is 3. The van der Waals surface area contributed by atoms with Gasteiger partial charge in [-0.05, 0) is 85.0 Å². The van der Waals surface area contributed by atoms with E-state index in [4.69, 9.17) is 11.6 Å². The Bertz CT molecular complexity index is 982. The van der Waals surface area contributed by atoms with Crippen molar-refractivity contribution < 1.29 is 0 Å². The Kier molecular flexibility index (Phi) is 6.52. The lowest BCUT2D eigenvalue weighted by Gasteiger charge is -2.34. The zero-order valence-electron chi connectivity index (χ0n) is 18.2. The molecule has 0 spiro atoms. The minimum Gasteiger partial charge on any atom is -0.297 e. The molecule has 0 unspecified atom stereocenters. The van der Waals surface area contributed by atoms with Crippen molar-refractivity contribution >= 4 is 11.6 Å². The van der Waals surface area contributed by atoms with Crippen LogP contribution in [-0.4, -0.2) is 41.0 Å². The third-order valence-electron chi connectivity index (χ3n) is 6.24. The Balaban J connectivity index is 1.36. The summed E-state index contributed by atoms with van der Waals surface area (Å²) in [6.07, 6.45) is 1.95. The van der Waals surface area contributed by atoms with E-state index in [1.807, 2.05) is 18.3 Å². The van der Waals surface area contributed by atoms with E-state index in [1.54, 1.807) is 0 Å².